The molecule has 1 heterocycles. The Labute approximate surface area is 130 Å². The third kappa shape index (κ3) is 3.01. The smallest absolute Gasteiger partial charge is 0.263 e. The molecular formula is C12H13BrClN3O2S. The molecule has 0 saturated heterocycles. The fourth-order valence-electron chi connectivity index (χ4n) is 1.71. The van der Waals surface area contributed by atoms with Crippen molar-refractivity contribution in [2.24, 2.45) is 12.8 Å². The van der Waals surface area contributed by atoms with Crippen molar-refractivity contribution in [3.63, 3.8) is 0 Å². The van der Waals surface area contributed by atoms with Crippen molar-refractivity contribution in [2.75, 3.05) is 4.72 Å². The van der Waals surface area contributed by atoms with Crippen molar-refractivity contribution in [3.05, 3.63) is 45.7 Å². The number of rotatable bonds is 4. The van der Waals surface area contributed by atoms with E-state index in [-0.39, 0.29) is 11.4 Å². The summed E-state index contributed by atoms with van der Waals surface area (Å²) in [7, 11) is -1.93. The summed E-state index contributed by atoms with van der Waals surface area (Å²) >= 11 is 9.19. The van der Waals surface area contributed by atoms with Gasteiger partial charge >= 0.3 is 0 Å². The second-order valence-electron chi connectivity index (χ2n) is 4.19. The number of nitrogens with one attached hydrogen (secondary N) is 1. The fraction of sp³-hybridized carbons (Fsp3) is 0.167. The van der Waals surface area contributed by atoms with Gasteiger partial charge in [-0.15, -0.1) is 0 Å². The highest BCUT2D eigenvalue weighted by Crippen LogP contribution is 2.31. The van der Waals surface area contributed by atoms with E-state index in [0.29, 0.717) is 15.2 Å². The molecule has 0 aliphatic carbocycles. The predicted molar refractivity (Wildman–Crippen MR) is 83.3 cm³/mol. The third-order valence-electron chi connectivity index (χ3n) is 2.80. The number of halogens is 2. The number of nitrogens with two attached hydrogens (primary N) is 1. The van der Waals surface area contributed by atoms with Crippen molar-refractivity contribution in [1.82, 2.24) is 4.57 Å². The SMILES string of the molecule is Cn1cc(S(=O)(=O)Nc2cccc(Cl)c2Br)cc1CN. The van der Waals surface area contributed by atoms with Crippen LogP contribution in [0.15, 0.2) is 39.8 Å². The Morgan fingerprint density at radius 3 is 2.75 bits per heavy atom. The molecule has 8 heteroatoms. The highest BCUT2D eigenvalue weighted by Gasteiger charge is 2.19. The first kappa shape index (κ1) is 15.4. The highest BCUT2D eigenvalue weighted by molar-refractivity contribution is 9.10. The number of hydrogen-bond donors (Lipinski definition) is 2. The summed E-state index contributed by atoms with van der Waals surface area (Å²) in [6, 6.07) is 6.50. The van der Waals surface area contributed by atoms with Gasteiger partial charge in [-0.2, -0.15) is 0 Å². The molecule has 0 amide bonds. The minimum absolute atomic E-state index is 0.160. The normalized spacial score (nSPS) is 11.6. The molecule has 20 heavy (non-hydrogen) atoms. The van der Waals surface area contributed by atoms with E-state index in [2.05, 4.69) is 20.7 Å². The molecule has 108 valence electrons. The van der Waals surface area contributed by atoms with Gasteiger partial charge in [0.05, 0.1) is 15.2 Å². The maximum absolute atomic E-state index is 12.3. The standard InChI is InChI=1S/C12H13BrClN3O2S/c1-17-7-9(5-8(17)6-15)20(18,19)16-11-4-2-3-10(14)12(11)13/h2-5,7,16H,6,15H2,1H3. The molecule has 0 bridgehead atoms. The second-order valence-corrected chi connectivity index (χ2v) is 7.07. The van der Waals surface area contributed by atoms with E-state index < -0.39 is 10.0 Å². The molecule has 0 atom stereocenters. The quantitative estimate of drug-likeness (QED) is 0.858. The van der Waals surface area contributed by atoms with Gasteiger partial charge in [0.2, 0.25) is 0 Å². The molecule has 0 radical (unpaired) electrons. The first-order chi connectivity index (χ1) is 9.35. The fourth-order valence-corrected chi connectivity index (χ4v) is 3.55. The molecule has 2 aromatic rings. The van der Waals surface area contributed by atoms with Gasteiger partial charge in [0, 0.05) is 25.5 Å². The lowest BCUT2D eigenvalue weighted by molar-refractivity contribution is 0.601. The van der Waals surface area contributed by atoms with Crippen LogP contribution >= 0.6 is 27.5 Å². The summed E-state index contributed by atoms with van der Waals surface area (Å²) in [6.07, 6.45) is 1.52. The lowest BCUT2D eigenvalue weighted by atomic mass is 10.3. The van der Waals surface area contributed by atoms with E-state index in [1.54, 1.807) is 35.9 Å². The predicted octanol–water partition coefficient (Wildman–Crippen LogP) is 2.70. The molecule has 5 nitrogen and oxygen atoms in total. The van der Waals surface area contributed by atoms with Gasteiger partial charge in [-0.05, 0) is 34.1 Å². The first-order valence-electron chi connectivity index (χ1n) is 5.67. The molecule has 0 unspecified atom stereocenters. The van der Waals surface area contributed by atoms with E-state index in [4.69, 9.17) is 17.3 Å². The Balaban J connectivity index is 2.38. The third-order valence-corrected chi connectivity index (χ3v) is 5.53. The van der Waals surface area contributed by atoms with Crippen molar-refractivity contribution < 1.29 is 8.42 Å². The van der Waals surface area contributed by atoms with Crippen LogP contribution in [0.4, 0.5) is 5.69 Å². The Morgan fingerprint density at radius 1 is 1.45 bits per heavy atom. The minimum atomic E-state index is -3.68. The van der Waals surface area contributed by atoms with Crippen molar-refractivity contribution in [3.8, 4) is 0 Å². The number of benzene rings is 1. The first-order valence-corrected chi connectivity index (χ1v) is 8.32. The van der Waals surface area contributed by atoms with Crippen molar-refractivity contribution in [1.29, 1.82) is 0 Å². The number of anilines is 1. The Hall–Kier alpha value is -1.02. The van der Waals surface area contributed by atoms with Crippen molar-refractivity contribution >= 4 is 43.2 Å². The molecule has 0 spiro atoms. The van der Waals surface area contributed by atoms with Crippen LogP contribution in [0.5, 0.6) is 0 Å². The largest absolute Gasteiger partial charge is 0.352 e. The average Bonchev–Trinajstić information content (AvgIpc) is 2.77. The molecule has 3 N–H and O–H groups in total. The molecule has 0 saturated carbocycles. The Bertz CT molecular complexity index is 743. The molecule has 0 aliphatic rings. The van der Waals surface area contributed by atoms with E-state index >= 15 is 0 Å². The number of nitrogens with zero attached hydrogens (tertiary/aromatic N) is 1. The second kappa shape index (κ2) is 5.77. The molecule has 1 aromatic carbocycles. The van der Waals surface area contributed by atoms with E-state index in [1.165, 1.54) is 6.20 Å². The molecule has 0 fully saturated rings. The number of aromatic nitrogens is 1. The Kier molecular flexibility index (Phi) is 4.43. The zero-order valence-electron chi connectivity index (χ0n) is 10.6. The van der Waals surface area contributed by atoms with Crippen LogP contribution < -0.4 is 10.5 Å². The summed E-state index contributed by atoms with van der Waals surface area (Å²) in [5.41, 5.74) is 6.66. The van der Waals surface area contributed by atoms with E-state index in [0.717, 1.165) is 5.69 Å². The maximum Gasteiger partial charge on any atom is 0.263 e. The average molecular weight is 379 g/mol. The molecule has 1 aromatic heterocycles. The zero-order valence-corrected chi connectivity index (χ0v) is 13.8. The lowest BCUT2D eigenvalue weighted by Crippen LogP contribution is -2.12. The summed E-state index contributed by atoms with van der Waals surface area (Å²) in [5.74, 6) is 0. The number of aryl methyl sites for hydroxylation is 1. The molecular weight excluding hydrogens is 366 g/mol. The Morgan fingerprint density at radius 2 is 2.15 bits per heavy atom. The molecule has 0 aliphatic heterocycles. The minimum Gasteiger partial charge on any atom is -0.352 e. The highest BCUT2D eigenvalue weighted by atomic mass is 79.9. The van der Waals surface area contributed by atoms with Gasteiger partial charge in [-0.3, -0.25) is 4.72 Å². The lowest BCUT2D eigenvalue weighted by Gasteiger charge is -2.09. The molecule has 2 rings (SSSR count). The van der Waals surface area contributed by atoms with Gasteiger partial charge in [-0.25, -0.2) is 8.42 Å². The van der Waals surface area contributed by atoms with Crippen molar-refractivity contribution in [2.45, 2.75) is 11.4 Å². The monoisotopic (exact) mass is 377 g/mol. The topological polar surface area (TPSA) is 77.1 Å². The summed E-state index contributed by atoms with van der Waals surface area (Å²) in [4.78, 5) is 0.160. The van der Waals surface area contributed by atoms with Crippen LogP contribution in [0.3, 0.4) is 0 Å². The summed E-state index contributed by atoms with van der Waals surface area (Å²) in [6.45, 7) is 0.271. The summed E-state index contributed by atoms with van der Waals surface area (Å²) < 4.78 is 29.3. The van der Waals surface area contributed by atoms with E-state index in [1.807, 2.05) is 0 Å². The van der Waals surface area contributed by atoms with E-state index in [9.17, 15) is 8.42 Å². The summed E-state index contributed by atoms with van der Waals surface area (Å²) in [5, 5.41) is 0.431. The van der Waals surface area contributed by atoms with Gasteiger partial charge < -0.3 is 10.3 Å². The maximum atomic E-state index is 12.3. The van der Waals surface area contributed by atoms with Crippen LogP contribution in [0.25, 0.3) is 0 Å². The van der Waals surface area contributed by atoms with Crippen LogP contribution in [0.1, 0.15) is 5.69 Å². The van der Waals surface area contributed by atoms with Gasteiger partial charge in [0.25, 0.3) is 10.0 Å². The van der Waals surface area contributed by atoms with Gasteiger partial charge in [-0.1, -0.05) is 17.7 Å². The van der Waals surface area contributed by atoms with Crippen LogP contribution in [-0.2, 0) is 23.6 Å². The van der Waals surface area contributed by atoms with Gasteiger partial charge in [0.15, 0.2) is 0 Å². The van der Waals surface area contributed by atoms with Crippen LogP contribution in [-0.4, -0.2) is 13.0 Å². The van der Waals surface area contributed by atoms with Crippen LogP contribution in [0.2, 0.25) is 5.02 Å². The number of hydrogen-bond acceptors (Lipinski definition) is 3. The number of sulfonamides is 1. The van der Waals surface area contributed by atoms with Crippen LogP contribution in [0, 0.1) is 0 Å². The zero-order chi connectivity index (χ0) is 14.9. The van der Waals surface area contributed by atoms with Gasteiger partial charge in [0.1, 0.15) is 4.90 Å².